The number of aromatic nitrogens is 3. The molecule has 1 aromatic carbocycles. The highest BCUT2D eigenvalue weighted by atomic mass is 79.9. The number of carbonyl (C=O) groups excluding carboxylic acids is 1. The molecule has 23 heavy (non-hydrogen) atoms. The quantitative estimate of drug-likeness (QED) is 0.453. The maximum atomic E-state index is 12.2. The summed E-state index contributed by atoms with van der Waals surface area (Å²) in [5.41, 5.74) is 0.892. The SMILES string of the molecule is COc1cccc(-n2cnnc2SCC(=O)c2ccc(Br)s2)c1. The van der Waals surface area contributed by atoms with Crippen LogP contribution < -0.4 is 4.74 Å². The first-order valence-electron chi connectivity index (χ1n) is 6.63. The monoisotopic (exact) mass is 409 g/mol. The van der Waals surface area contributed by atoms with Crippen molar-refractivity contribution in [2.24, 2.45) is 0 Å². The number of halogens is 1. The number of hydrogen-bond donors (Lipinski definition) is 0. The fraction of sp³-hybridized carbons (Fsp3) is 0.133. The third-order valence-corrected chi connectivity index (χ3v) is 5.64. The summed E-state index contributed by atoms with van der Waals surface area (Å²) >= 11 is 6.16. The third-order valence-electron chi connectivity index (χ3n) is 3.03. The van der Waals surface area contributed by atoms with E-state index >= 15 is 0 Å². The van der Waals surface area contributed by atoms with Crippen molar-refractivity contribution in [3.8, 4) is 11.4 Å². The van der Waals surface area contributed by atoms with E-state index in [1.54, 1.807) is 13.4 Å². The summed E-state index contributed by atoms with van der Waals surface area (Å²) < 4.78 is 8.02. The Hall–Kier alpha value is -1.64. The van der Waals surface area contributed by atoms with Gasteiger partial charge in [0.25, 0.3) is 0 Å². The molecule has 0 bridgehead atoms. The number of methoxy groups -OCH3 is 1. The maximum absolute atomic E-state index is 12.2. The number of thiophene rings is 1. The average molecular weight is 410 g/mol. The lowest BCUT2D eigenvalue weighted by molar-refractivity contribution is 0.102. The van der Waals surface area contributed by atoms with Crippen molar-refractivity contribution < 1.29 is 9.53 Å². The van der Waals surface area contributed by atoms with Crippen molar-refractivity contribution >= 4 is 44.8 Å². The molecule has 0 unspecified atom stereocenters. The van der Waals surface area contributed by atoms with E-state index in [1.165, 1.54) is 23.1 Å². The Labute approximate surface area is 149 Å². The van der Waals surface area contributed by atoms with Crippen LogP contribution >= 0.6 is 39.0 Å². The fourth-order valence-corrected chi connectivity index (χ4v) is 4.15. The molecule has 3 rings (SSSR count). The summed E-state index contributed by atoms with van der Waals surface area (Å²) in [6.07, 6.45) is 1.63. The Morgan fingerprint density at radius 2 is 2.26 bits per heavy atom. The second-order valence-electron chi connectivity index (χ2n) is 4.50. The van der Waals surface area contributed by atoms with Crippen LogP contribution in [0.1, 0.15) is 9.67 Å². The lowest BCUT2D eigenvalue weighted by Crippen LogP contribution is -2.02. The Balaban J connectivity index is 1.75. The highest BCUT2D eigenvalue weighted by Gasteiger charge is 2.13. The van der Waals surface area contributed by atoms with Gasteiger partial charge in [-0.3, -0.25) is 9.36 Å². The lowest BCUT2D eigenvalue weighted by Gasteiger charge is -2.07. The van der Waals surface area contributed by atoms with Gasteiger partial charge in [-0.1, -0.05) is 17.8 Å². The van der Waals surface area contributed by atoms with Crippen molar-refractivity contribution in [3.63, 3.8) is 0 Å². The van der Waals surface area contributed by atoms with Crippen LogP contribution in [0.3, 0.4) is 0 Å². The maximum Gasteiger partial charge on any atom is 0.196 e. The zero-order valence-electron chi connectivity index (χ0n) is 12.1. The molecule has 0 atom stereocenters. The summed E-state index contributed by atoms with van der Waals surface area (Å²) in [5.74, 6) is 1.15. The molecule has 0 aliphatic carbocycles. The molecule has 8 heteroatoms. The first-order chi connectivity index (χ1) is 11.2. The van der Waals surface area contributed by atoms with Gasteiger partial charge in [-0.25, -0.2) is 0 Å². The second-order valence-corrected chi connectivity index (χ2v) is 7.91. The highest BCUT2D eigenvalue weighted by molar-refractivity contribution is 9.11. The van der Waals surface area contributed by atoms with Crippen LogP contribution in [-0.4, -0.2) is 33.4 Å². The smallest absolute Gasteiger partial charge is 0.196 e. The van der Waals surface area contributed by atoms with Gasteiger partial charge < -0.3 is 4.74 Å². The van der Waals surface area contributed by atoms with Crippen molar-refractivity contribution in [1.29, 1.82) is 0 Å². The van der Waals surface area contributed by atoms with Crippen molar-refractivity contribution in [2.45, 2.75) is 5.16 Å². The molecule has 3 aromatic rings. The normalized spacial score (nSPS) is 10.7. The van der Waals surface area contributed by atoms with Gasteiger partial charge in [0.05, 0.1) is 27.2 Å². The van der Waals surface area contributed by atoms with Gasteiger partial charge in [-0.15, -0.1) is 21.5 Å². The average Bonchev–Trinajstić information content (AvgIpc) is 3.21. The van der Waals surface area contributed by atoms with Crippen LogP contribution in [-0.2, 0) is 0 Å². The summed E-state index contributed by atoms with van der Waals surface area (Å²) in [6, 6.07) is 11.3. The van der Waals surface area contributed by atoms with Crippen LogP contribution in [0.15, 0.2) is 51.7 Å². The van der Waals surface area contributed by atoms with E-state index in [0.717, 1.165) is 20.1 Å². The predicted molar refractivity (Wildman–Crippen MR) is 95.0 cm³/mol. The van der Waals surface area contributed by atoms with Gasteiger partial charge in [0.2, 0.25) is 0 Å². The van der Waals surface area contributed by atoms with E-state index in [2.05, 4.69) is 26.1 Å². The van der Waals surface area contributed by atoms with Gasteiger partial charge in [0.1, 0.15) is 12.1 Å². The summed E-state index contributed by atoms with van der Waals surface area (Å²) in [6.45, 7) is 0. The van der Waals surface area contributed by atoms with E-state index < -0.39 is 0 Å². The van der Waals surface area contributed by atoms with Crippen molar-refractivity contribution in [2.75, 3.05) is 12.9 Å². The summed E-state index contributed by atoms with van der Waals surface area (Å²) in [5, 5.41) is 8.71. The van der Waals surface area contributed by atoms with Gasteiger partial charge in [0.15, 0.2) is 10.9 Å². The second kappa shape index (κ2) is 7.29. The molecule has 0 aliphatic rings. The molecule has 0 aliphatic heterocycles. The number of carbonyl (C=O) groups is 1. The van der Waals surface area contributed by atoms with E-state index in [9.17, 15) is 4.79 Å². The number of hydrogen-bond acceptors (Lipinski definition) is 6. The molecule has 0 N–H and O–H groups in total. The fourth-order valence-electron chi connectivity index (χ4n) is 1.93. The minimum absolute atomic E-state index is 0.0749. The Morgan fingerprint density at radius 1 is 1.39 bits per heavy atom. The Kier molecular flexibility index (Phi) is 5.14. The van der Waals surface area contributed by atoms with E-state index in [1.807, 2.05) is 41.0 Å². The van der Waals surface area contributed by atoms with Crippen LogP contribution in [0.5, 0.6) is 5.75 Å². The van der Waals surface area contributed by atoms with Crippen LogP contribution in [0, 0.1) is 0 Å². The molecular formula is C15H12BrN3O2S2. The summed E-state index contributed by atoms with van der Waals surface area (Å²) in [7, 11) is 1.62. The minimum Gasteiger partial charge on any atom is -0.497 e. The molecule has 2 aromatic heterocycles. The Bertz CT molecular complexity index is 832. The molecule has 0 spiro atoms. The zero-order chi connectivity index (χ0) is 16.2. The first kappa shape index (κ1) is 16.2. The number of benzene rings is 1. The van der Waals surface area contributed by atoms with Gasteiger partial charge >= 0.3 is 0 Å². The number of ketones is 1. The zero-order valence-corrected chi connectivity index (χ0v) is 15.3. The number of nitrogens with zero attached hydrogens (tertiary/aromatic N) is 3. The third kappa shape index (κ3) is 3.82. The van der Waals surface area contributed by atoms with Crippen LogP contribution in [0.4, 0.5) is 0 Å². The molecule has 0 saturated heterocycles. The molecule has 0 saturated carbocycles. The molecule has 2 heterocycles. The van der Waals surface area contributed by atoms with Crippen molar-refractivity contribution in [1.82, 2.24) is 14.8 Å². The minimum atomic E-state index is 0.0749. The molecule has 0 amide bonds. The van der Waals surface area contributed by atoms with E-state index in [-0.39, 0.29) is 5.78 Å². The molecular weight excluding hydrogens is 398 g/mol. The highest BCUT2D eigenvalue weighted by Crippen LogP contribution is 2.26. The predicted octanol–water partition coefficient (Wildman–Crippen LogP) is 4.07. The van der Waals surface area contributed by atoms with E-state index in [0.29, 0.717) is 10.9 Å². The van der Waals surface area contributed by atoms with Gasteiger partial charge in [-0.05, 0) is 40.2 Å². The lowest BCUT2D eigenvalue weighted by atomic mass is 10.3. The number of Topliss-reactive ketones (excluding diaryl/α,β-unsaturated/α-hetero) is 1. The van der Waals surface area contributed by atoms with Crippen molar-refractivity contribution in [3.05, 3.63) is 51.4 Å². The molecule has 118 valence electrons. The number of rotatable bonds is 6. The Morgan fingerprint density at radius 3 is 3.00 bits per heavy atom. The van der Waals surface area contributed by atoms with Gasteiger partial charge in [0, 0.05) is 6.07 Å². The molecule has 0 fully saturated rings. The van der Waals surface area contributed by atoms with Gasteiger partial charge in [-0.2, -0.15) is 0 Å². The molecule has 0 radical (unpaired) electrons. The molecule has 5 nitrogen and oxygen atoms in total. The van der Waals surface area contributed by atoms with Crippen LogP contribution in [0.2, 0.25) is 0 Å². The van der Waals surface area contributed by atoms with E-state index in [4.69, 9.17) is 4.74 Å². The first-order valence-corrected chi connectivity index (χ1v) is 9.22. The summed E-state index contributed by atoms with van der Waals surface area (Å²) in [4.78, 5) is 12.9. The standard InChI is InChI=1S/C15H12BrN3O2S2/c1-21-11-4-2-3-10(7-11)19-9-17-18-15(19)22-8-12(20)13-5-6-14(16)23-13/h2-7,9H,8H2,1H3. The number of thioether (sulfide) groups is 1. The van der Waals surface area contributed by atoms with Crippen LogP contribution in [0.25, 0.3) is 5.69 Å². The number of ether oxygens (including phenoxy) is 1. The topological polar surface area (TPSA) is 57.0 Å². The largest absolute Gasteiger partial charge is 0.497 e.